The highest BCUT2D eigenvalue weighted by Crippen LogP contribution is 2.16. The number of hydrogen-bond acceptors (Lipinski definition) is 4. The molecule has 0 aliphatic rings. The Balaban J connectivity index is 1.84. The molecule has 0 heterocycles. The highest BCUT2D eigenvalue weighted by Gasteiger charge is 2.07. The van der Waals surface area contributed by atoms with Crippen molar-refractivity contribution in [1.29, 1.82) is 0 Å². The van der Waals surface area contributed by atoms with Crippen LogP contribution in [0, 0.1) is 0 Å². The number of hydrogen-bond donors (Lipinski definition) is 0. The van der Waals surface area contributed by atoms with E-state index in [1.165, 1.54) is 12.5 Å². The third-order valence-corrected chi connectivity index (χ3v) is 3.79. The summed E-state index contributed by atoms with van der Waals surface area (Å²) < 4.78 is 4.93. The minimum absolute atomic E-state index is 0.0744. The van der Waals surface area contributed by atoms with Crippen LogP contribution in [-0.4, -0.2) is 17.5 Å². The lowest BCUT2D eigenvalue weighted by Gasteiger charge is -2.04. The lowest BCUT2D eigenvalue weighted by atomic mass is 10.1. The minimum atomic E-state index is -0.368. The van der Waals surface area contributed by atoms with Crippen LogP contribution in [0.3, 0.4) is 0 Å². The summed E-state index contributed by atoms with van der Waals surface area (Å²) in [4.78, 5) is 22.9. The van der Waals surface area contributed by atoms with Gasteiger partial charge in [0.2, 0.25) is 0 Å². The quantitative estimate of drug-likeness (QED) is 0.463. The van der Waals surface area contributed by atoms with Crippen molar-refractivity contribution in [3.05, 3.63) is 65.7 Å². The van der Waals surface area contributed by atoms with Crippen LogP contribution in [0.4, 0.5) is 0 Å². The van der Waals surface area contributed by atoms with Gasteiger partial charge in [0, 0.05) is 18.2 Å². The summed E-state index contributed by atoms with van der Waals surface area (Å²) in [5, 5.41) is 0. The Morgan fingerprint density at radius 2 is 1.67 bits per heavy atom. The standard InChI is InChI=1S/C17H16O3S/c1-13(18)20-16-9-7-15(8-10-16)17(19)12-21-11-14-5-3-2-4-6-14/h2-10H,11-12H2,1H3. The number of Topliss-reactive ketones (excluding diaryl/α,β-unsaturated/α-hetero) is 1. The molecule has 0 saturated carbocycles. The van der Waals surface area contributed by atoms with E-state index in [1.54, 1.807) is 36.0 Å². The van der Waals surface area contributed by atoms with Gasteiger partial charge in [-0.05, 0) is 29.8 Å². The van der Waals surface area contributed by atoms with E-state index in [0.29, 0.717) is 17.1 Å². The Kier molecular flexibility index (Phi) is 5.58. The maximum Gasteiger partial charge on any atom is 0.308 e. The molecule has 2 aromatic rings. The Bertz CT molecular complexity index is 606. The number of benzene rings is 2. The highest BCUT2D eigenvalue weighted by atomic mass is 32.2. The van der Waals surface area contributed by atoms with E-state index in [2.05, 4.69) is 0 Å². The molecule has 0 radical (unpaired) electrons. The molecule has 21 heavy (non-hydrogen) atoms. The summed E-state index contributed by atoms with van der Waals surface area (Å²) in [5.74, 6) is 1.41. The van der Waals surface area contributed by atoms with Gasteiger partial charge in [-0.15, -0.1) is 11.8 Å². The molecule has 0 saturated heterocycles. The molecule has 108 valence electrons. The summed E-state index contributed by atoms with van der Waals surface area (Å²) >= 11 is 1.59. The van der Waals surface area contributed by atoms with E-state index in [1.807, 2.05) is 30.3 Å². The molecule has 2 aromatic carbocycles. The largest absolute Gasteiger partial charge is 0.427 e. The molecule has 0 bridgehead atoms. The molecular formula is C17H16O3S. The van der Waals surface area contributed by atoms with Crippen molar-refractivity contribution in [3.63, 3.8) is 0 Å². The van der Waals surface area contributed by atoms with Gasteiger partial charge in [-0.2, -0.15) is 0 Å². The first-order valence-corrected chi connectivity index (χ1v) is 7.74. The van der Waals surface area contributed by atoms with Crippen LogP contribution < -0.4 is 4.74 Å². The molecule has 2 rings (SSSR count). The Morgan fingerprint density at radius 3 is 2.29 bits per heavy atom. The predicted molar refractivity (Wildman–Crippen MR) is 84.7 cm³/mol. The van der Waals surface area contributed by atoms with Crippen LogP contribution >= 0.6 is 11.8 Å². The maximum absolute atomic E-state index is 12.0. The topological polar surface area (TPSA) is 43.4 Å². The second kappa shape index (κ2) is 7.64. The predicted octanol–water partition coefficient (Wildman–Crippen LogP) is 3.73. The number of carbonyl (C=O) groups excluding carboxylic acids is 2. The fourth-order valence-electron chi connectivity index (χ4n) is 1.79. The summed E-state index contributed by atoms with van der Waals surface area (Å²) in [6.07, 6.45) is 0. The molecule has 4 heteroatoms. The van der Waals surface area contributed by atoms with Crippen LogP contribution in [0.2, 0.25) is 0 Å². The van der Waals surface area contributed by atoms with Crippen molar-refractivity contribution in [2.45, 2.75) is 12.7 Å². The number of ether oxygens (including phenoxy) is 1. The zero-order chi connectivity index (χ0) is 15.1. The van der Waals surface area contributed by atoms with E-state index in [-0.39, 0.29) is 11.8 Å². The van der Waals surface area contributed by atoms with Crippen molar-refractivity contribution in [2.75, 3.05) is 5.75 Å². The maximum atomic E-state index is 12.0. The van der Waals surface area contributed by atoms with E-state index in [0.717, 1.165) is 5.75 Å². The van der Waals surface area contributed by atoms with Gasteiger partial charge in [0.25, 0.3) is 0 Å². The van der Waals surface area contributed by atoms with Crippen molar-refractivity contribution in [3.8, 4) is 5.75 Å². The zero-order valence-electron chi connectivity index (χ0n) is 11.7. The molecule has 0 atom stereocenters. The minimum Gasteiger partial charge on any atom is -0.427 e. The van der Waals surface area contributed by atoms with Gasteiger partial charge in [-0.1, -0.05) is 30.3 Å². The summed E-state index contributed by atoms with van der Waals surface area (Å²) in [6, 6.07) is 16.7. The normalized spacial score (nSPS) is 10.1. The van der Waals surface area contributed by atoms with E-state index >= 15 is 0 Å². The van der Waals surface area contributed by atoms with Crippen molar-refractivity contribution in [1.82, 2.24) is 0 Å². The first-order chi connectivity index (χ1) is 10.1. The number of rotatable bonds is 6. The third kappa shape index (κ3) is 5.08. The molecular weight excluding hydrogens is 284 g/mol. The van der Waals surface area contributed by atoms with Gasteiger partial charge in [0.05, 0.1) is 5.75 Å². The SMILES string of the molecule is CC(=O)Oc1ccc(C(=O)CSCc2ccccc2)cc1. The van der Waals surface area contributed by atoms with E-state index in [4.69, 9.17) is 4.74 Å². The molecule has 0 N–H and O–H groups in total. The fraction of sp³-hybridized carbons (Fsp3) is 0.176. The van der Waals surface area contributed by atoms with Crippen LogP contribution in [-0.2, 0) is 10.5 Å². The summed E-state index contributed by atoms with van der Waals surface area (Å²) in [5.41, 5.74) is 1.84. The lowest BCUT2D eigenvalue weighted by Crippen LogP contribution is -2.04. The molecule has 0 amide bonds. The van der Waals surface area contributed by atoms with Gasteiger partial charge in [0.15, 0.2) is 5.78 Å². The van der Waals surface area contributed by atoms with Crippen LogP contribution in [0.5, 0.6) is 5.75 Å². The van der Waals surface area contributed by atoms with Crippen LogP contribution in [0.25, 0.3) is 0 Å². The van der Waals surface area contributed by atoms with Gasteiger partial charge in [0.1, 0.15) is 5.75 Å². The van der Waals surface area contributed by atoms with Gasteiger partial charge >= 0.3 is 5.97 Å². The molecule has 0 spiro atoms. The van der Waals surface area contributed by atoms with Crippen molar-refractivity contribution < 1.29 is 14.3 Å². The molecule has 0 aliphatic carbocycles. The Hall–Kier alpha value is -2.07. The van der Waals surface area contributed by atoms with Crippen LogP contribution in [0.15, 0.2) is 54.6 Å². The average molecular weight is 300 g/mol. The summed E-state index contributed by atoms with van der Waals surface area (Å²) in [6.45, 7) is 1.35. The average Bonchev–Trinajstić information content (AvgIpc) is 2.48. The van der Waals surface area contributed by atoms with E-state index < -0.39 is 0 Å². The van der Waals surface area contributed by atoms with Gasteiger partial charge in [-0.25, -0.2) is 0 Å². The summed E-state index contributed by atoms with van der Waals surface area (Å²) in [7, 11) is 0. The first-order valence-electron chi connectivity index (χ1n) is 6.58. The Labute approximate surface area is 128 Å². The smallest absolute Gasteiger partial charge is 0.308 e. The third-order valence-electron chi connectivity index (χ3n) is 2.78. The van der Waals surface area contributed by atoms with Crippen LogP contribution in [0.1, 0.15) is 22.8 Å². The fourth-order valence-corrected chi connectivity index (χ4v) is 2.68. The lowest BCUT2D eigenvalue weighted by molar-refractivity contribution is -0.131. The molecule has 0 aliphatic heterocycles. The number of esters is 1. The molecule has 0 unspecified atom stereocenters. The highest BCUT2D eigenvalue weighted by molar-refractivity contribution is 7.99. The number of ketones is 1. The number of carbonyl (C=O) groups is 2. The Morgan fingerprint density at radius 1 is 1.00 bits per heavy atom. The van der Waals surface area contributed by atoms with Crippen molar-refractivity contribution in [2.24, 2.45) is 0 Å². The molecule has 0 aromatic heterocycles. The second-order valence-electron chi connectivity index (χ2n) is 4.52. The molecule has 3 nitrogen and oxygen atoms in total. The first kappa shape index (κ1) is 15.3. The monoisotopic (exact) mass is 300 g/mol. The van der Waals surface area contributed by atoms with Crippen molar-refractivity contribution >= 4 is 23.5 Å². The van der Waals surface area contributed by atoms with E-state index in [9.17, 15) is 9.59 Å². The second-order valence-corrected chi connectivity index (χ2v) is 5.51. The zero-order valence-corrected chi connectivity index (χ0v) is 12.6. The molecule has 0 fully saturated rings. The van der Waals surface area contributed by atoms with Gasteiger partial charge < -0.3 is 4.74 Å². The number of thioether (sulfide) groups is 1. The van der Waals surface area contributed by atoms with Gasteiger partial charge in [-0.3, -0.25) is 9.59 Å².